The van der Waals surface area contributed by atoms with Crippen LogP contribution in [0, 0.1) is 0 Å². The smallest absolute Gasteiger partial charge is 0.161 e. The van der Waals surface area contributed by atoms with Crippen molar-refractivity contribution in [2.45, 2.75) is 44.4 Å². The molecule has 4 rings (SSSR count). The van der Waals surface area contributed by atoms with E-state index in [2.05, 4.69) is 79.4 Å². The lowest BCUT2D eigenvalue weighted by molar-refractivity contribution is -0.0318. The fourth-order valence-electron chi connectivity index (χ4n) is 4.84. The van der Waals surface area contributed by atoms with Gasteiger partial charge in [0.25, 0.3) is 0 Å². The van der Waals surface area contributed by atoms with Gasteiger partial charge in [0.1, 0.15) is 0 Å². The van der Waals surface area contributed by atoms with Crippen molar-refractivity contribution < 1.29 is 14.6 Å². The summed E-state index contributed by atoms with van der Waals surface area (Å²) < 4.78 is 11.0. The molecule has 3 aromatic carbocycles. The molecular formula is C28H33NO3. The lowest BCUT2D eigenvalue weighted by Crippen LogP contribution is -2.51. The van der Waals surface area contributed by atoms with E-state index < -0.39 is 11.6 Å². The summed E-state index contributed by atoms with van der Waals surface area (Å²) in [7, 11) is 3.28. The number of methoxy groups -OCH3 is 2. The van der Waals surface area contributed by atoms with Gasteiger partial charge in [-0.1, -0.05) is 60.7 Å². The maximum atomic E-state index is 11.3. The van der Waals surface area contributed by atoms with E-state index in [0.717, 1.165) is 30.6 Å². The molecule has 0 spiro atoms. The molecule has 168 valence electrons. The van der Waals surface area contributed by atoms with Gasteiger partial charge < -0.3 is 14.6 Å². The van der Waals surface area contributed by atoms with Gasteiger partial charge in [0, 0.05) is 24.5 Å². The standard InChI is InChI=1S/C28H33NO3/c1-28(2)27(30)24-18-26(32-4)25(31-3)17-22(24)19-29(28)16-15-23(20-11-7-5-8-12-20)21-13-9-6-10-14-21/h5-14,17-18,23,27,30H,15-16,19H2,1-4H3/t27-/m0/s1. The summed E-state index contributed by atoms with van der Waals surface area (Å²) in [5.41, 5.74) is 4.25. The van der Waals surface area contributed by atoms with Crippen molar-refractivity contribution in [1.29, 1.82) is 0 Å². The summed E-state index contributed by atoms with van der Waals surface area (Å²) in [5, 5.41) is 11.3. The minimum atomic E-state index is -0.613. The van der Waals surface area contributed by atoms with Crippen LogP contribution < -0.4 is 9.47 Å². The van der Waals surface area contributed by atoms with Crippen LogP contribution in [0.15, 0.2) is 72.8 Å². The molecule has 0 aromatic heterocycles. The molecule has 0 saturated heterocycles. The summed E-state index contributed by atoms with van der Waals surface area (Å²) in [6.45, 7) is 5.87. The second-order valence-electron chi connectivity index (χ2n) is 9.05. The second-order valence-corrected chi connectivity index (χ2v) is 9.05. The zero-order chi connectivity index (χ0) is 22.7. The van der Waals surface area contributed by atoms with Gasteiger partial charge >= 0.3 is 0 Å². The number of hydrogen-bond donors (Lipinski definition) is 1. The predicted octanol–water partition coefficient (Wildman–Crippen LogP) is 5.55. The zero-order valence-corrected chi connectivity index (χ0v) is 19.4. The normalized spacial score (nSPS) is 17.8. The molecule has 1 N–H and O–H groups in total. The minimum Gasteiger partial charge on any atom is -0.493 e. The minimum absolute atomic E-state index is 0.303. The highest BCUT2D eigenvalue weighted by molar-refractivity contribution is 5.50. The van der Waals surface area contributed by atoms with E-state index in [-0.39, 0.29) is 0 Å². The first-order valence-electron chi connectivity index (χ1n) is 11.2. The van der Waals surface area contributed by atoms with Gasteiger partial charge in [-0.2, -0.15) is 0 Å². The van der Waals surface area contributed by atoms with Crippen molar-refractivity contribution in [1.82, 2.24) is 4.90 Å². The Hall–Kier alpha value is -2.82. The van der Waals surface area contributed by atoms with Crippen LogP contribution in [-0.4, -0.2) is 36.3 Å². The number of ether oxygens (including phenoxy) is 2. The van der Waals surface area contributed by atoms with Crippen LogP contribution in [0.3, 0.4) is 0 Å². The van der Waals surface area contributed by atoms with Crippen molar-refractivity contribution >= 4 is 0 Å². The van der Waals surface area contributed by atoms with Crippen molar-refractivity contribution in [3.8, 4) is 11.5 Å². The highest BCUT2D eigenvalue weighted by Crippen LogP contribution is 2.44. The summed E-state index contributed by atoms with van der Waals surface area (Å²) in [4.78, 5) is 2.39. The Morgan fingerprint density at radius 2 is 1.44 bits per heavy atom. The number of aliphatic hydroxyl groups is 1. The van der Waals surface area contributed by atoms with E-state index in [1.807, 2.05) is 12.1 Å². The molecule has 4 nitrogen and oxygen atoms in total. The van der Waals surface area contributed by atoms with Gasteiger partial charge in [0.15, 0.2) is 11.5 Å². The molecule has 0 radical (unpaired) electrons. The second kappa shape index (κ2) is 9.35. The first-order chi connectivity index (χ1) is 15.5. The molecule has 0 fully saturated rings. The Morgan fingerprint density at radius 1 is 0.906 bits per heavy atom. The fourth-order valence-corrected chi connectivity index (χ4v) is 4.84. The van der Waals surface area contributed by atoms with E-state index in [1.54, 1.807) is 14.2 Å². The monoisotopic (exact) mass is 431 g/mol. The molecule has 1 aliphatic heterocycles. The Bertz CT molecular complexity index is 994. The zero-order valence-electron chi connectivity index (χ0n) is 19.4. The van der Waals surface area contributed by atoms with E-state index in [1.165, 1.54) is 11.1 Å². The van der Waals surface area contributed by atoms with Crippen LogP contribution in [0.25, 0.3) is 0 Å². The van der Waals surface area contributed by atoms with Gasteiger partial charge in [-0.3, -0.25) is 4.90 Å². The lowest BCUT2D eigenvalue weighted by atomic mass is 9.81. The van der Waals surface area contributed by atoms with Crippen molar-refractivity contribution in [2.24, 2.45) is 0 Å². The van der Waals surface area contributed by atoms with Crippen molar-refractivity contribution in [3.05, 3.63) is 95.1 Å². The molecule has 0 bridgehead atoms. The predicted molar refractivity (Wildman–Crippen MR) is 128 cm³/mol. The first-order valence-corrected chi connectivity index (χ1v) is 11.2. The maximum absolute atomic E-state index is 11.3. The molecule has 3 aromatic rings. The molecule has 32 heavy (non-hydrogen) atoms. The summed E-state index contributed by atoms with van der Waals surface area (Å²) >= 11 is 0. The topological polar surface area (TPSA) is 41.9 Å². The van der Waals surface area contributed by atoms with Crippen LogP contribution >= 0.6 is 0 Å². The highest BCUT2D eigenvalue weighted by atomic mass is 16.5. The number of benzene rings is 3. The first kappa shape index (κ1) is 22.4. The Morgan fingerprint density at radius 3 is 1.97 bits per heavy atom. The van der Waals surface area contributed by atoms with Crippen LogP contribution in [-0.2, 0) is 6.54 Å². The largest absolute Gasteiger partial charge is 0.493 e. The van der Waals surface area contributed by atoms with E-state index >= 15 is 0 Å². The molecular weight excluding hydrogens is 398 g/mol. The summed E-state index contributed by atoms with van der Waals surface area (Å²) in [5.74, 6) is 1.66. The average Bonchev–Trinajstić information content (AvgIpc) is 2.83. The quantitative estimate of drug-likeness (QED) is 0.532. The molecule has 0 saturated carbocycles. The number of rotatable bonds is 7. The van der Waals surface area contributed by atoms with Crippen molar-refractivity contribution in [3.63, 3.8) is 0 Å². The molecule has 0 amide bonds. The third kappa shape index (κ3) is 4.25. The van der Waals surface area contributed by atoms with Gasteiger partial charge in [-0.25, -0.2) is 0 Å². The van der Waals surface area contributed by atoms with Crippen LogP contribution in [0.2, 0.25) is 0 Å². The Labute approximate surface area is 191 Å². The van der Waals surface area contributed by atoms with Crippen LogP contribution in [0.4, 0.5) is 0 Å². The van der Waals surface area contributed by atoms with Gasteiger partial charge in [-0.15, -0.1) is 0 Å². The third-order valence-electron chi connectivity index (χ3n) is 6.88. The molecule has 1 heterocycles. The van der Waals surface area contributed by atoms with Crippen LogP contribution in [0.1, 0.15) is 54.5 Å². The highest BCUT2D eigenvalue weighted by Gasteiger charge is 2.41. The van der Waals surface area contributed by atoms with E-state index in [0.29, 0.717) is 17.4 Å². The lowest BCUT2D eigenvalue weighted by Gasteiger charge is -2.47. The van der Waals surface area contributed by atoms with E-state index in [9.17, 15) is 5.11 Å². The van der Waals surface area contributed by atoms with E-state index in [4.69, 9.17) is 9.47 Å². The Kier molecular flexibility index (Phi) is 6.54. The number of fused-ring (bicyclic) bond motifs is 1. The average molecular weight is 432 g/mol. The SMILES string of the molecule is COc1cc2c(cc1OC)[C@H](O)C(C)(C)N(CCC(c1ccccc1)c1ccccc1)C2. The molecule has 1 aliphatic rings. The fraction of sp³-hybridized carbons (Fsp3) is 0.357. The van der Waals surface area contributed by atoms with Gasteiger partial charge in [0.2, 0.25) is 0 Å². The number of aliphatic hydroxyl groups excluding tert-OH is 1. The van der Waals surface area contributed by atoms with Gasteiger partial charge in [0.05, 0.1) is 20.3 Å². The van der Waals surface area contributed by atoms with Crippen molar-refractivity contribution in [2.75, 3.05) is 20.8 Å². The molecule has 0 unspecified atom stereocenters. The number of nitrogens with zero attached hydrogens (tertiary/aromatic N) is 1. The molecule has 0 aliphatic carbocycles. The maximum Gasteiger partial charge on any atom is 0.161 e. The Balaban J connectivity index is 1.62. The van der Waals surface area contributed by atoms with Crippen LogP contribution in [0.5, 0.6) is 11.5 Å². The summed E-state index contributed by atoms with van der Waals surface area (Å²) in [6, 6.07) is 25.3. The number of hydrogen-bond acceptors (Lipinski definition) is 4. The van der Waals surface area contributed by atoms with Gasteiger partial charge in [-0.05, 0) is 54.7 Å². The molecule has 4 heteroatoms. The third-order valence-corrected chi connectivity index (χ3v) is 6.88. The molecule has 1 atom stereocenters. The summed E-state index contributed by atoms with van der Waals surface area (Å²) in [6.07, 6.45) is 0.352.